The largest absolute Gasteiger partial charge is 0.352 e. The Balaban J connectivity index is 1.86. The number of carbonyl (C=O) groups excluding carboxylic acids is 1. The molecular weight excluding hydrogens is 232 g/mol. The fourth-order valence-corrected chi connectivity index (χ4v) is 3.13. The molecule has 2 rings (SSSR count). The topological polar surface area (TPSA) is 32.3 Å². The SMILES string of the molecule is CS[C@@H]1CCCCN([C@@H](C)C(=O)NC2CC2)C1. The van der Waals surface area contributed by atoms with Crippen molar-refractivity contribution in [1.29, 1.82) is 0 Å². The average molecular weight is 256 g/mol. The van der Waals surface area contributed by atoms with E-state index in [-0.39, 0.29) is 11.9 Å². The molecule has 0 aromatic rings. The fourth-order valence-electron chi connectivity index (χ4n) is 2.39. The molecule has 2 fully saturated rings. The van der Waals surface area contributed by atoms with Crippen LogP contribution in [-0.4, -0.2) is 47.5 Å². The minimum absolute atomic E-state index is 0.0448. The molecule has 0 radical (unpaired) electrons. The molecule has 1 amide bonds. The number of nitrogens with one attached hydrogen (secondary N) is 1. The summed E-state index contributed by atoms with van der Waals surface area (Å²) in [6.45, 7) is 4.21. The zero-order valence-corrected chi connectivity index (χ0v) is 11.8. The highest BCUT2D eigenvalue weighted by Crippen LogP contribution is 2.22. The molecule has 2 atom stereocenters. The minimum atomic E-state index is 0.0448. The van der Waals surface area contributed by atoms with Gasteiger partial charge in [-0.2, -0.15) is 11.8 Å². The molecule has 0 aromatic carbocycles. The van der Waals surface area contributed by atoms with E-state index in [1.807, 2.05) is 11.8 Å². The first-order valence-corrected chi connectivity index (χ1v) is 8.06. The van der Waals surface area contributed by atoms with Gasteiger partial charge in [0.15, 0.2) is 0 Å². The standard InChI is InChI=1S/C13H24N2OS/c1-10(13(16)14-11-6-7-11)15-8-4-3-5-12(9-15)17-2/h10-12H,3-9H2,1-2H3,(H,14,16)/t10-,12+/m0/s1. The molecule has 1 saturated carbocycles. The van der Waals surface area contributed by atoms with E-state index >= 15 is 0 Å². The first kappa shape index (κ1) is 13.2. The van der Waals surface area contributed by atoms with E-state index in [1.165, 1.54) is 32.1 Å². The third-order valence-electron chi connectivity index (χ3n) is 3.84. The highest BCUT2D eigenvalue weighted by molar-refractivity contribution is 7.99. The van der Waals surface area contributed by atoms with Crippen LogP contribution in [0, 0.1) is 0 Å². The van der Waals surface area contributed by atoms with E-state index in [2.05, 4.69) is 23.4 Å². The molecule has 0 bridgehead atoms. The molecular formula is C13H24N2OS. The Morgan fingerprint density at radius 1 is 1.35 bits per heavy atom. The van der Waals surface area contributed by atoms with Crippen molar-refractivity contribution in [2.75, 3.05) is 19.3 Å². The number of amides is 1. The lowest BCUT2D eigenvalue weighted by atomic mass is 10.2. The van der Waals surface area contributed by atoms with Crippen LogP contribution in [0.4, 0.5) is 0 Å². The van der Waals surface area contributed by atoms with Gasteiger partial charge in [-0.25, -0.2) is 0 Å². The van der Waals surface area contributed by atoms with Crippen LogP contribution in [0.1, 0.15) is 39.0 Å². The van der Waals surface area contributed by atoms with Crippen LogP contribution in [0.2, 0.25) is 0 Å². The van der Waals surface area contributed by atoms with Crippen molar-refractivity contribution in [2.45, 2.75) is 56.4 Å². The summed E-state index contributed by atoms with van der Waals surface area (Å²) in [7, 11) is 0. The molecule has 2 aliphatic rings. The summed E-state index contributed by atoms with van der Waals surface area (Å²) in [5, 5.41) is 3.82. The van der Waals surface area contributed by atoms with Gasteiger partial charge in [0, 0.05) is 17.8 Å². The zero-order chi connectivity index (χ0) is 12.3. The second-order valence-corrected chi connectivity index (χ2v) is 6.45. The normalized spacial score (nSPS) is 28.5. The van der Waals surface area contributed by atoms with E-state index in [4.69, 9.17) is 0 Å². The number of carbonyl (C=O) groups is 1. The van der Waals surface area contributed by atoms with Crippen LogP contribution >= 0.6 is 11.8 Å². The quantitative estimate of drug-likeness (QED) is 0.833. The molecule has 1 heterocycles. The summed E-state index contributed by atoms with van der Waals surface area (Å²) < 4.78 is 0. The molecule has 98 valence electrons. The summed E-state index contributed by atoms with van der Waals surface area (Å²) in [5.41, 5.74) is 0. The number of likely N-dealkylation sites (tertiary alicyclic amines) is 1. The molecule has 1 saturated heterocycles. The predicted molar refractivity (Wildman–Crippen MR) is 73.4 cm³/mol. The summed E-state index contributed by atoms with van der Waals surface area (Å²) in [6.07, 6.45) is 8.37. The number of hydrogen-bond acceptors (Lipinski definition) is 3. The Bertz CT molecular complexity index is 268. The van der Waals surface area contributed by atoms with E-state index in [0.29, 0.717) is 11.3 Å². The van der Waals surface area contributed by atoms with Crippen LogP contribution < -0.4 is 5.32 Å². The summed E-state index contributed by atoms with van der Waals surface area (Å²) in [6, 6.07) is 0.525. The van der Waals surface area contributed by atoms with Crippen LogP contribution in [0.15, 0.2) is 0 Å². The van der Waals surface area contributed by atoms with Crippen molar-refractivity contribution in [1.82, 2.24) is 10.2 Å². The monoisotopic (exact) mass is 256 g/mol. The Morgan fingerprint density at radius 3 is 2.76 bits per heavy atom. The summed E-state index contributed by atoms with van der Waals surface area (Å²) >= 11 is 1.94. The van der Waals surface area contributed by atoms with E-state index in [9.17, 15) is 4.79 Å². The van der Waals surface area contributed by atoms with Crippen LogP contribution in [0.3, 0.4) is 0 Å². The number of hydrogen-bond donors (Lipinski definition) is 1. The van der Waals surface area contributed by atoms with Crippen molar-refractivity contribution >= 4 is 17.7 Å². The minimum Gasteiger partial charge on any atom is -0.352 e. The van der Waals surface area contributed by atoms with Gasteiger partial charge in [0.2, 0.25) is 5.91 Å². The molecule has 0 spiro atoms. The predicted octanol–water partition coefficient (Wildman–Crippen LogP) is 1.87. The summed E-state index contributed by atoms with van der Waals surface area (Å²) in [4.78, 5) is 14.4. The maximum atomic E-state index is 12.0. The number of thioether (sulfide) groups is 1. The first-order valence-electron chi connectivity index (χ1n) is 6.78. The van der Waals surface area contributed by atoms with Crippen LogP contribution in [0.5, 0.6) is 0 Å². The second kappa shape index (κ2) is 6.10. The van der Waals surface area contributed by atoms with Crippen LogP contribution in [0.25, 0.3) is 0 Å². The van der Waals surface area contributed by atoms with Gasteiger partial charge in [0.05, 0.1) is 6.04 Å². The van der Waals surface area contributed by atoms with Gasteiger partial charge in [0.25, 0.3) is 0 Å². The maximum Gasteiger partial charge on any atom is 0.237 e. The van der Waals surface area contributed by atoms with Crippen molar-refractivity contribution in [3.63, 3.8) is 0 Å². The first-order chi connectivity index (χ1) is 8.20. The molecule has 1 aliphatic heterocycles. The molecule has 0 unspecified atom stereocenters. The molecule has 17 heavy (non-hydrogen) atoms. The number of nitrogens with zero attached hydrogens (tertiary/aromatic N) is 1. The van der Waals surface area contributed by atoms with E-state index in [0.717, 1.165) is 13.1 Å². The van der Waals surface area contributed by atoms with Gasteiger partial charge in [-0.15, -0.1) is 0 Å². The van der Waals surface area contributed by atoms with E-state index in [1.54, 1.807) is 0 Å². The molecule has 4 heteroatoms. The van der Waals surface area contributed by atoms with Crippen molar-refractivity contribution in [3.05, 3.63) is 0 Å². The highest BCUT2D eigenvalue weighted by Gasteiger charge is 2.29. The lowest BCUT2D eigenvalue weighted by molar-refractivity contribution is -0.126. The van der Waals surface area contributed by atoms with Gasteiger partial charge in [0.1, 0.15) is 0 Å². The number of rotatable bonds is 4. The zero-order valence-electron chi connectivity index (χ0n) is 10.9. The molecule has 1 aliphatic carbocycles. The molecule has 1 N–H and O–H groups in total. The van der Waals surface area contributed by atoms with Crippen molar-refractivity contribution < 1.29 is 4.79 Å². The third-order valence-corrected chi connectivity index (χ3v) is 4.90. The van der Waals surface area contributed by atoms with Gasteiger partial charge in [-0.05, 0) is 45.4 Å². The molecule has 3 nitrogen and oxygen atoms in total. The molecule has 0 aromatic heterocycles. The van der Waals surface area contributed by atoms with Gasteiger partial charge >= 0.3 is 0 Å². The fraction of sp³-hybridized carbons (Fsp3) is 0.923. The van der Waals surface area contributed by atoms with Crippen molar-refractivity contribution in [3.8, 4) is 0 Å². The highest BCUT2D eigenvalue weighted by atomic mass is 32.2. The van der Waals surface area contributed by atoms with Gasteiger partial charge in [-0.1, -0.05) is 6.42 Å². The van der Waals surface area contributed by atoms with Crippen LogP contribution in [-0.2, 0) is 4.79 Å². The Labute approximate surface area is 109 Å². The van der Waals surface area contributed by atoms with Crippen molar-refractivity contribution in [2.24, 2.45) is 0 Å². The van der Waals surface area contributed by atoms with Gasteiger partial charge in [-0.3, -0.25) is 9.69 Å². The maximum absolute atomic E-state index is 12.0. The average Bonchev–Trinajstić information content (AvgIpc) is 3.13. The third kappa shape index (κ3) is 3.88. The summed E-state index contributed by atoms with van der Waals surface area (Å²) in [5.74, 6) is 0.231. The Hall–Kier alpha value is -0.220. The Morgan fingerprint density at radius 2 is 2.12 bits per heavy atom. The lowest BCUT2D eigenvalue weighted by Gasteiger charge is -2.28. The van der Waals surface area contributed by atoms with Gasteiger partial charge < -0.3 is 5.32 Å². The second-order valence-electron chi connectivity index (χ2n) is 5.31. The van der Waals surface area contributed by atoms with E-state index < -0.39 is 0 Å². The Kier molecular flexibility index (Phi) is 4.74. The smallest absolute Gasteiger partial charge is 0.237 e. The lowest BCUT2D eigenvalue weighted by Crippen LogP contribution is -2.47.